The number of aryl methyl sites for hydroxylation is 5. The van der Waals surface area contributed by atoms with E-state index in [0.29, 0.717) is 45.3 Å². The minimum atomic E-state index is 0.217. The normalized spacial score (nSPS) is 15.9. The van der Waals surface area contributed by atoms with Gasteiger partial charge in [0.1, 0.15) is 0 Å². The number of pyridine rings is 3. The highest BCUT2D eigenvalue weighted by atomic mass is 16.1. The van der Waals surface area contributed by atoms with Crippen molar-refractivity contribution in [3.05, 3.63) is 438 Å². The summed E-state index contributed by atoms with van der Waals surface area (Å²) in [5, 5.41) is 8.46. The first-order chi connectivity index (χ1) is 61.1. The molecule has 126 heavy (non-hydrogen) atoms. The van der Waals surface area contributed by atoms with E-state index in [0.717, 1.165) is 162 Å². The Labute approximate surface area is 734 Å². The van der Waals surface area contributed by atoms with Crippen LogP contribution < -0.4 is 0 Å². The van der Waals surface area contributed by atoms with Crippen LogP contribution >= 0.6 is 0 Å². The predicted molar refractivity (Wildman–Crippen MR) is 507 cm³/mol. The van der Waals surface area contributed by atoms with Gasteiger partial charge in [0.2, 0.25) is 0 Å². The molecular formula is C110H93N13O3. The van der Waals surface area contributed by atoms with Crippen LogP contribution in [0.15, 0.2) is 284 Å². The molecule has 0 N–H and O–H groups in total. The molecule has 24 rings (SSSR count). The minimum Gasteiger partial charge on any atom is -0.294 e. The van der Waals surface area contributed by atoms with Gasteiger partial charge in [0.25, 0.3) is 0 Å². The molecule has 6 aliphatic carbocycles. The zero-order chi connectivity index (χ0) is 86.5. The maximum absolute atomic E-state index is 12.7. The van der Waals surface area contributed by atoms with E-state index in [4.69, 9.17) is 20.0 Å². The molecule has 16 nitrogen and oxygen atoms in total. The van der Waals surface area contributed by atoms with Gasteiger partial charge in [-0.15, -0.1) is 0 Å². The number of rotatable bonds is 7. The average Bonchev–Trinajstić information content (AvgIpc) is 1.56. The van der Waals surface area contributed by atoms with Gasteiger partial charge in [-0.3, -0.25) is 68.7 Å². The predicted octanol–water partition coefficient (Wildman–Crippen LogP) is 19.6. The van der Waals surface area contributed by atoms with Gasteiger partial charge in [0.15, 0.2) is 17.3 Å². The monoisotopic (exact) mass is 1640 g/mol. The number of hydrogen-bond donors (Lipinski definition) is 0. The fraction of sp³-hybridized carbons (Fsp3) is 0.182. The van der Waals surface area contributed by atoms with E-state index in [9.17, 15) is 14.4 Å². The van der Waals surface area contributed by atoms with E-state index in [-0.39, 0.29) is 17.3 Å². The Morgan fingerprint density at radius 3 is 1.04 bits per heavy atom. The SMILES string of the molecule is C=C1C=Cc2cc3c(cc2C1)CN=C3.C=C1C=Cc2cc3c(cc2C1)CN=C3c1ccnc(C)c1.C=C1C=Cc2cc3c(cc2C1)CN=C3c1cnn(C)c1.CC1=Cc2cc3c(cc2CC1=O)CN=C3c1ccnc(C)c1.CC1=Cc2cc3c(cc2CC1=O)CN=C3c1cnn(C)c1.Cc1cc(C2=NCc3cc4c(cc32)C=C(Cc2ccccc2)C(=O)C4)ccn1. The van der Waals surface area contributed by atoms with Crippen molar-refractivity contribution in [3.63, 3.8) is 0 Å². The summed E-state index contributed by atoms with van der Waals surface area (Å²) in [6, 6.07) is 49.1. The van der Waals surface area contributed by atoms with Crippen molar-refractivity contribution in [2.24, 2.45) is 44.0 Å². The summed E-state index contributed by atoms with van der Waals surface area (Å²) in [6.07, 6.45) is 39.1. The number of benzene rings is 7. The molecule has 6 aliphatic heterocycles. The molecule has 0 atom stereocenters. The van der Waals surface area contributed by atoms with Crippen LogP contribution in [0.5, 0.6) is 0 Å². The van der Waals surface area contributed by atoms with Crippen LogP contribution in [0.25, 0.3) is 36.5 Å². The Kier molecular flexibility index (Phi) is 21.9. The van der Waals surface area contributed by atoms with E-state index >= 15 is 0 Å². The lowest BCUT2D eigenvalue weighted by atomic mass is 9.85. The van der Waals surface area contributed by atoms with E-state index in [1.807, 2.05) is 152 Å². The van der Waals surface area contributed by atoms with Gasteiger partial charge in [0.05, 0.1) is 80.2 Å². The van der Waals surface area contributed by atoms with Gasteiger partial charge < -0.3 is 0 Å². The van der Waals surface area contributed by atoms with Gasteiger partial charge in [-0.05, 0) is 267 Å². The number of aromatic nitrogens is 7. The molecule has 0 saturated carbocycles. The maximum atomic E-state index is 12.7. The van der Waals surface area contributed by atoms with Crippen molar-refractivity contribution in [1.82, 2.24) is 34.5 Å². The first-order valence-corrected chi connectivity index (χ1v) is 42.9. The number of carbonyl (C=O) groups is 3. The number of hydrogen-bond acceptors (Lipinski definition) is 14. The molecule has 11 heterocycles. The molecule has 0 unspecified atom stereocenters. The van der Waals surface area contributed by atoms with Crippen LogP contribution in [0, 0.1) is 20.8 Å². The smallest absolute Gasteiger partial charge is 0.163 e. The molecule has 0 radical (unpaired) electrons. The first-order valence-electron chi connectivity index (χ1n) is 42.9. The quantitative estimate of drug-likeness (QED) is 0.150. The third-order valence-corrected chi connectivity index (χ3v) is 24.8. The summed E-state index contributed by atoms with van der Waals surface area (Å²) in [5.41, 5.74) is 50.7. The molecule has 5 aromatic heterocycles. The van der Waals surface area contributed by atoms with Crippen molar-refractivity contribution in [1.29, 1.82) is 0 Å². The van der Waals surface area contributed by atoms with Crippen LogP contribution in [0.4, 0.5) is 0 Å². The Morgan fingerprint density at radius 2 is 0.667 bits per heavy atom. The minimum absolute atomic E-state index is 0.217. The Hall–Kier alpha value is -14.9. The van der Waals surface area contributed by atoms with Crippen molar-refractivity contribution >= 4 is 88.6 Å². The number of allylic oxidation sites excluding steroid dienone is 9. The Bertz CT molecular complexity index is 7130. The average molecular weight is 1650 g/mol. The maximum Gasteiger partial charge on any atom is 0.163 e. The summed E-state index contributed by atoms with van der Waals surface area (Å²) in [6.45, 7) is 26.3. The number of ketones is 3. The van der Waals surface area contributed by atoms with Crippen molar-refractivity contribution < 1.29 is 14.4 Å². The highest BCUT2D eigenvalue weighted by molar-refractivity contribution is 6.19. The Balaban J connectivity index is 0.0000000996. The van der Waals surface area contributed by atoms with E-state index in [1.54, 1.807) is 4.68 Å². The number of carbonyl (C=O) groups excluding carboxylic acids is 3. The molecule has 12 aliphatic rings. The van der Waals surface area contributed by atoms with Crippen LogP contribution in [0.2, 0.25) is 0 Å². The second-order valence-corrected chi connectivity index (χ2v) is 34.2. The third-order valence-electron chi connectivity index (χ3n) is 24.8. The molecule has 12 aromatic rings. The topological polar surface area (TPSA) is 200 Å². The summed E-state index contributed by atoms with van der Waals surface area (Å²) >= 11 is 0. The zero-order valence-corrected chi connectivity index (χ0v) is 71.9. The van der Waals surface area contributed by atoms with Gasteiger partial charge in [0, 0.05) is 155 Å². The molecule has 0 spiro atoms. The molecule has 0 bridgehead atoms. The molecule has 0 saturated heterocycles. The van der Waals surface area contributed by atoms with Crippen LogP contribution in [-0.2, 0) is 113 Å². The lowest BCUT2D eigenvalue weighted by Crippen LogP contribution is -2.15. The lowest BCUT2D eigenvalue weighted by molar-refractivity contribution is -0.115. The fourth-order valence-corrected chi connectivity index (χ4v) is 18.3. The van der Waals surface area contributed by atoms with Crippen LogP contribution in [0.3, 0.4) is 0 Å². The van der Waals surface area contributed by atoms with Gasteiger partial charge in [-0.1, -0.05) is 140 Å². The van der Waals surface area contributed by atoms with Crippen LogP contribution in [0.1, 0.15) is 198 Å². The fourth-order valence-electron chi connectivity index (χ4n) is 18.3. The zero-order valence-electron chi connectivity index (χ0n) is 71.9. The second kappa shape index (κ2) is 34.1. The largest absolute Gasteiger partial charge is 0.294 e. The van der Waals surface area contributed by atoms with E-state index < -0.39 is 0 Å². The second-order valence-electron chi connectivity index (χ2n) is 34.2. The molecule has 0 amide bonds. The first kappa shape index (κ1) is 80.8. The van der Waals surface area contributed by atoms with E-state index in [1.165, 1.54) is 122 Å². The lowest BCUT2D eigenvalue weighted by Gasteiger charge is -2.18. The number of aliphatic imine (C=N–C) groups is 6. The highest BCUT2D eigenvalue weighted by Gasteiger charge is 2.30. The van der Waals surface area contributed by atoms with Crippen molar-refractivity contribution in [3.8, 4) is 0 Å². The number of nitrogens with zero attached hydrogens (tertiary/aromatic N) is 13. The van der Waals surface area contributed by atoms with Gasteiger partial charge in [-0.2, -0.15) is 10.2 Å². The molecule has 7 aromatic carbocycles. The van der Waals surface area contributed by atoms with Crippen molar-refractivity contribution in [2.45, 2.75) is 119 Å². The molecule has 0 fully saturated rings. The summed E-state index contributed by atoms with van der Waals surface area (Å²) in [4.78, 5) is 77.1. The highest BCUT2D eigenvalue weighted by Crippen LogP contribution is 2.38. The standard InChI is InChI=1S/C25H20N2O.C19H16N2O.C19H16N2.C17H15N3O.C17H15N3.C13H11N/c1-16-9-18(7-8-26-16)25-23-13-19-11-21(10-17-5-3-2-4-6-17)24(28)14-20(19)12-22(23)15-27-25;1-11-5-14-8-17-16(7-15(14)9-18(11)22)10-21-19(17)13-3-4-20-12(2)6-13;1-12-3-4-14-10-18-17(9-16(14)7-12)11-21-19(18)15-5-6-20-13(2)8-15;1-10-3-11-5-15-13(4-12(11)6-16(10)21)7-18-17(15)14-8-19-20(2)9-14;1-11-3-4-12-7-16-14(6-13(12)5-11)8-18-17(16)15-9-19-20(2)10-15;1-9-2-3-10-5-12-7-14-8-13(12)6-11(10)4-9/h2-9,11-13H,10,14-15H2,1H3;3-8H,9-10H2,1-2H3;3-6,8-10H,1,7,11H2,2H3;3-5,8-9H,6-7H2,1-2H3;3-4,6-7,9-10H,1,5,8H2,2H3;2-3,5-7H,1,4,8H2. The summed E-state index contributed by atoms with van der Waals surface area (Å²) < 4.78 is 3.61. The van der Waals surface area contributed by atoms with Crippen LogP contribution in [-0.4, -0.2) is 86.6 Å². The Morgan fingerprint density at radius 1 is 0.325 bits per heavy atom. The van der Waals surface area contributed by atoms with Gasteiger partial charge in [-0.25, -0.2) is 0 Å². The summed E-state index contributed by atoms with van der Waals surface area (Å²) in [5.74, 6) is 0.658. The van der Waals surface area contributed by atoms with Gasteiger partial charge >= 0.3 is 0 Å². The third kappa shape index (κ3) is 16.8. The molecular weight excluding hydrogens is 1550 g/mol. The van der Waals surface area contributed by atoms with E-state index in [2.05, 4.69) is 201 Å². The number of Topliss-reactive ketones (excluding diaryl/α,β-unsaturated/α-hetero) is 3. The summed E-state index contributed by atoms with van der Waals surface area (Å²) in [7, 11) is 3.84. The van der Waals surface area contributed by atoms with Crippen molar-refractivity contribution in [2.75, 3.05) is 0 Å². The molecule has 16 heteroatoms. The molecule has 616 valence electrons. The number of fused-ring (bicyclic) bond motifs is 12.